The van der Waals surface area contributed by atoms with E-state index in [1.165, 1.54) is 0 Å². The van der Waals surface area contributed by atoms with Crippen molar-refractivity contribution in [2.75, 3.05) is 7.05 Å². The molecule has 1 aliphatic rings. The van der Waals surface area contributed by atoms with Gasteiger partial charge in [0.15, 0.2) is 0 Å². The van der Waals surface area contributed by atoms with Gasteiger partial charge in [0.2, 0.25) is 5.91 Å². The zero-order valence-corrected chi connectivity index (χ0v) is 9.54. The van der Waals surface area contributed by atoms with Crippen molar-refractivity contribution in [2.24, 2.45) is 11.8 Å². The van der Waals surface area contributed by atoms with Crippen LogP contribution in [0.4, 0.5) is 0 Å². The number of carbonyl (C=O) groups excluding carboxylic acids is 1. The van der Waals surface area contributed by atoms with E-state index in [1.807, 2.05) is 12.1 Å². The van der Waals surface area contributed by atoms with Gasteiger partial charge >= 0.3 is 5.97 Å². The molecular weight excluding hydrogens is 220 g/mol. The average molecular weight is 234 g/mol. The van der Waals surface area contributed by atoms with Crippen LogP contribution in [0.3, 0.4) is 0 Å². The molecule has 90 valence electrons. The molecule has 0 bridgehead atoms. The maximum atomic E-state index is 11.9. The van der Waals surface area contributed by atoms with Gasteiger partial charge in [0, 0.05) is 26.0 Å². The Balaban J connectivity index is 1.91. The van der Waals surface area contributed by atoms with Gasteiger partial charge in [-0.25, -0.2) is 0 Å². The lowest BCUT2D eigenvalue weighted by atomic mass is 10.2. The molecule has 1 amide bonds. The van der Waals surface area contributed by atoms with E-state index in [4.69, 9.17) is 5.11 Å². The Hall–Kier alpha value is -1.91. The summed E-state index contributed by atoms with van der Waals surface area (Å²) < 4.78 is 0. The second kappa shape index (κ2) is 4.53. The first-order chi connectivity index (χ1) is 8.09. The summed E-state index contributed by atoms with van der Waals surface area (Å²) in [6.45, 7) is 0.468. The lowest BCUT2D eigenvalue weighted by molar-refractivity contribution is -0.141. The Bertz CT molecular complexity index is 433. The highest BCUT2D eigenvalue weighted by Gasteiger charge is 2.49. The molecule has 0 spiro atoms. The lowest BCUT2D eigenvalue weighted by Gasteiger charge is -2.16. The van der Waals surface area contributed by atoms with Crippen LogP contribution < -0.4 is 0 Å². The predicted molar refractivity (Wildman–Crippen MR) is 59.9 cm³/mol. The number of pyridine rings is 1. The summed E-state index contributed by atoms with van der Waals surface area (Å²) in [5.74, 6) is -1.80. The van der Waals surface area contributed by atoms with Crippen molar-refractivity contribution in [3.63, 3.8) is 0 Å². The molecule has 1 fully saturated rings. The molecule has 17 heavy (non-hydrogen) atoms. The van der Waals surface area contributed by atoms with Crippen LogP contribution in [-0.4, -0.2) is 33.9 Å². The van der Waals surface area contributed by atoms with Crippen molar-refractivity contribution in [3.05, 3.63) is 30.1 Å². The molecule has 1 aliphatic carbocycles. The van der Waals surface area contributed by atoms with Gasteiger partial charge < -0.3 is 10.0 Å². The zero-order chi connectivity index (χ0) is 12.4. The van der Waals surface area contributed by atoms with Crippen molar-refractivity contribution in [1.29, 1.82) is 0 Å². The molecule has 1 N–H and O–H groups in total. The molecule has 0 aliphatic heterocycles. The predicted octanol–water partition coefficient (Wildman–Crippen LogP) is 0.761. The first-order valence-corrected chi connectivity index (χ1v) is 5.46. The standard InChI is InChI=1S/C12H14N2O3/c1-14(7-8-3-2-4-13-6-8)11(15)9-5-10(9)12(16)17/h2-4,6,9-10H,5,7H2,1H3,(H,16,17). The van der Waals surface area contributed by atoms with Crippen LogP contribution in [0.2, 0.25) is 0 Å². The normalized spacial score (nSPS) is 21.9. The Morgan fingerprint density at radius 3 is 2.82 bits per heavy atom. The molecule has 2 unspecified atom stereocenters. The monoisotopic (exact) mass is 234 g/mol. The molecule has 0 radical (unpaired) electrons. The maximum absolute atomic E-state index is 11.9. The van der Waals surface area contributed by atoms with Crippen molar-refractivity contribution >= 4 is 11.9 Å². The number of aliphatic carboxylic acids is 1. The summed E-state index contributed by atoms with van der Waals surface area (Å²) in [6.07, 6.45) is 3.84. The summed E-state index contributed by atoms with van der Waals surface area (Å²) in [5.41, 5.74) is 0.941. The fourth-order valence-electron chi connectivity index (χ4n) is 1.87. The Labute approximate surface area is 99.1 Å². The minimum Gasteiger partial charge on any atom is -0.481 e. The molecule has 0 saturated heterocycles. The third kappa shape index (κ3) is 2.61. The van der Waals surface area contributed by atoms with Gasteiger partial charge in [-0.05, 0) is 18.1 Å². The maximum Gasteiger partial charge on any atom is 0.307 e. The van der Waals surface area contributed by atoms with E-state index in [1.54, 1.807) is 24.3 Å². The number of amides is 1. The van der Waals surface area contributed by atoms with Crippen LogP contribution in [0, 0.1) is 11.8 Å². The molecule has 5 nitrogen and oxygen atoms in total. The van der Waals surface area contributed by atoms with E-state index in [-0.39, 0.29) is 11.8 Å². The number of carboxylic acids is 1. The topological polar surface area (TPSA) is 70.5 Å². The summed E-state index contributed by atoms with van der Waals surface area (Å²) in [4.78, 5) is 28.1. The SMILES string of the molecule is CN(Cc1cccnc1)C(=O)C1CC1C(=O)O. The summed E-state index contributed by atoms with van der Waals surface area (Å²) in [7, 11) is 1.69. The molecule has 1 saturated carbocycles. The average Bonchev–Trinajstić information content (AvgIpc) is 3.09. The molecule has 1 aromatic heterocycles. The molecule has 2 rings (SSSR count). The second-order valence-electron chi connectivity index (χ2n) is 4.34. The van der Waals surface area contributed by atoms with E-state index in [0.717, 1.165) is 5.56 Å². The number of nitrogens with zero attached hydrogens (tertiary/aromatic N) is 2. The van der Waals surface area contributed by atoms with Crippen molar-refractivity contribution in [1.82, 2.24) is 9.88 Å². The fourth-order valence-corrected chi connectivity index (χ4v) is 1.87. The quantitative estimate of drug-likeness (QED) is 0.835. The van der Waals surface area contributed by atoms with Crippen LogP contribution in [0.25, 0.3) is 0 Å². The summed E-state index contributed by atoms with van der Waals surface area (Å²) in [6, 6.07) is 3.70. The van der Waals surface area contributed by atoms with Crippen LogP contribution in [0.1, 0.15) is 12.0 Å². The third-order valence-electron chi connectivity index (χ3n) is 2.94. The molecule has 2 atom stereocenters. The number of hydrogen-bond donors (Lipinski definition) is 1. The number of aromatic nitrogens is 1. The highest BCUT2D eigenvalue weighted by atomic mass is 16.4. The number of hydrogen-bond acceptors (Lipinski definition) is 3. The molecule has 5 heteroatoms. The van der Waals surface area contributed by atoms with Gasteiger partial charge in [-0.3, -0.25) is 14.6 Å². The van der Waals surface area contributed by atoms with E-state index < -0.39 is 11.9 Å². The minimum atomic E-state index is -0.877. The lowest BCUT2D eigenvalue weighted by Crippen LogP contribution is -2.28. The van der Waals surface area contributed by atoms with Crippen molar-refractivity contribution in [3.8, 4) is 0 Å². The van der Waals surface area contributed by atoms with Crippen molar-refractivity contribution in [2.45, 2.75) is 13.0 Å². The first kappa shape index (κ1) is 11.6. The third-order valence-corrected chi connectivity index (χ3v) is 2.94. The summed E-state index contributed by atoms with van der Waals surface area (Å²) >= 11 is 0. The zero-order valence-electron chi connectivity index (χ0n) is 9.54. The van der Waals surface area contributed by atoms with Gasteiger partial charge in [0.25, 0.3) is 0 Å². The van der Waals surface area contributed by atoms with Crippen LogP contribution in [0.5, 0.6) is 0 Å². The minimum absolute atomic E-state index is 0.0961. The highest BCUT2D eigenvalue weighted by molar-refractivity contribution is 5.89. The first-order valence-electron chi connectivity index (χ1n) is 5.46. The number of carbonyl (C=O) groups is 2. The molecule has 1 heterocycles. The fraction of sp³-hybridized carbons (Fsp3) is 0.417. The van der Waals surface area contributed by atoms with E-state index >= 15 is 0 Å². The Morgan fingerprint density at radius 1 is 1.53 bits per heavy atom. The van der Waals surface area contributed by atoms with Crippen LogP contribution in [-0.2, 0) is 16.1 Å². The van der Waals surface area contributed by atoms with Gasteiger partial charge in [-0.1, -0.05) is 6.07 Å². The number of carboxylic acid groups (broad SMARTS) is 1. The van der Waals surface area contributed by atoms with Crippen LogP contribution >= 0.6 is 0 Å². The van der Waals surface area contributed by atoms with Gasteiger partial charge in [-0.15, -0.1) is 0 Å². The molecular formula is C12H14N2O3. The van der Waals surface area contributed by atoms with E-state index in [2.05, 4.69) is 4.98 Å². The Morgan fingerprint density at radius 2 is 2.29 bits per heavy atom. The van der Waals surface area contributed by atoms with E-state index in [0.29, 0.717) is 13.0 Å². The van der Waals surface area contributed by atoms with E-state index in [9.17, 15) is 9.59 Å². The smallest absolute Gasteiger partial charge is 0.307 e. The highest BCUT2D eigenvalue weighted by Crippen LogP contribution is 2.40. The van der Waals surface area contributed by atoms with Gasteiger partial charge in [-0.2, -0.15) is 0 Å². The van der Waals surface area contributed by atoms with Crippen molar-refractivity contribution < 1.29 is 14.7 Å². The number of rotatable bonds is 4. The summed E-state index contributed by atoms with van der Waals surface area (Å²) in [5, 5.41) is 8.76. The van der Waals surface area contributed by atoms with Gasteiger partial charge in [0.05, 0.1) is 11.8 Å². The van der Waals surface area contributed by atoms with Gasteiger partial charge in [0.1, 0.15) is 0 Å². The van der Waals surface area contributed by atoms with Crippen LogP contribution in [0.15, 0.2) is 24.5 Å². The largest absolute Gasteiger partial charge is 0.481 e. The Kier molecular flexibility index (Phi) is 3.08. The molecule has 0 aromatic carbocycles. The second-order valence-corrected chi connectivity index (χ2v) is 4.34. The molecule has 1 aromatic rings.